The van der Waals surface area contributed by atoms with E-state index in [2.05, 4.69) is 21.2 Å². The smallest absolute Gasteiger partial charge is 0.162 e. The van der Waals surface area contributed by atoms with E-state index in [0.29, 0.717) is 23.7 Å². The number of nitrogens with two attached hydrogens (primary N) is 1. The lowest BCUT2D eigenvalue weighted by atomic mass is 9.92. The Balaban J connectivity index is 1.23. The van der Waals surface area contributed by atoms with Crippen molar-refractivity contribution in [1.82, 2.24) is 9.80 Å². The summed E-state index contributed by atoms with van der Waals surface area (Å²) in [6.45, 7) is 3.71. The van der Waals surface area contributed by atoms with Gasteiger partial charge in [0.15, 0.2) is 5.78 Å². The van der Waals surface area contributed by atoms with Gasteiger partial charge in [-0.3, -0.25) is 10.2 Å². The van der Waals surface area contributed by atoms with E-state index < -0.39 is 0 Å². The fourth-order valence-electron chi connectivity index (χ4n) is 4.74. The molecule has 1 atom stereocenters. The van der Waals surface area contributed by atoms with Gasteiger partial charge in [-0.25, -0.2) is 4.39 Å². The molecule has 0 amide bonds. The number of amidine groups is 1. The quantitative estimate of drug-likeness (QED) is 0.633. The molecule has 1 aromatic heterocycles. The standard InChI is InChI=1S/C24H31FN4OS/c25-20-7-5-17(6-8-20)21(30)4-2-12-28-14-9-19(10-15-28)23(26)29-13-1-3-18-11-16-31-22(18)24(29)27/h5-8,11,16,19,23,27H,1-4,9-10,12-15,26H2. The number of fused-ring (bicyclic) bond motifs is 1. The van der Waals surface area contributed by atoms with Crippen molar-refractivity contribution in [3.8, 4) is 0 Å². The van der Waals surface area contributed by atoms with Crippen LogP contribution in [0.25, 0.3) is 0 Å². The fourth-order valence-corrected chi connectivity index (χ4v) is 5.66. The average molecular weight is 443 g/mol. The van der Waals surface area contributed by atoms with Crippen LogP contribution in [0.1, 0.15) is 52.9 Å². The number of carbonyl (C=O) groups excluding carboxylic acids is 1. The third kappa shape index (κ3) is 5.22. The van der Waals surface area contributed by atoms with Gasteiger partial charge in [0, 0.05) is 18.5 Å². The second kappa shape index (κ2) is 10.0. The zero-order valence-electron chi connectivity index (χ0n) is 17.9. The van der Waals surface area contributed by atoms with Crippen LogP contribution in [0.3, 0.4) is 0 Å². The minimum Gasteiger partial charge on any atom is -0.340 e. The summed E-state index contributed by atoms with van der Waals surface area (Å²) in [5.74, 6) is 0.740. The molecule has 0 spiro atoms. The number of hydrogen-bond donors (Lipinski definition) is 2. The lowest BCUT2D eigenvalue weighted by Crippen LogP contribution is -2.52. The Morgan fingerprint density at radius 2 is 1.94 bits per heavy atom. The molecule has 1 saturated heterocycles. The molecule has 3 N–H and O–H groups in total. The number of thiophene rings is 1. The van der Waals surface area contributed by atoms with E-state index in [4.69, 9.17) is 11.1 Å². The lowest BCUT2D eigenvalue weighted by Gasteiger charge is -2.40. The van der Waals surface area contributed by atoms with Crippen LogP contribution in [0.15, 0.2) is 35.7 Å². The minimum atomic E-state index is -0.316. The normalized spacial score (nSPS) is 19.2. The molecular weight excluding hydrogens is 411 g/mol. The first kappa shape index (κ1) is 22.1. The van der Waals surface area contributed by atoms with Gasteiger partial charge in [0.05, 0.1) is 11.0 Å². The van der Waals surface area contributed by atoms with Crippen LogP contribution < -0.4 is 5.73 Å². The highest BCUT2D eigenvalue weighted by molar-refractivity contribution is 7.12. The van der Waals surface area contributed by atoms with Gasteiger partial charge in [-0.2, -0.15) is 0 Å². The minimum absolute atomic E-state index is 0.0736. The second-order valence-electron chi connectivity index (χ2n) is 8.62. The van der Waals surface area contributed by atoms with Gasteiger partial charge >= 0.3 is 0 Å². The van der Waals surface area contributed by atoms with Gasteiger partial charge in [0.25, 0.3) is 0 Å². The van der Waals surface area contributed by atoms with Crippen molar-refractivity contribution >= 4 is 23.0 Å². The van der Waals surface area contributed by atoms with E-state index >= 15 is 0 Å². The second-order valence-corrected chi connectivity index (χ2v) is 9.54. The van der Waals surface area contributed by atoms with Gasteiger partial charge < -0.3 is 15.5 Å². The monoisotopic (exact) mass is 442 g/mol. The van der Waals surface area contributed by atoms with E-state index in [1.165, 1.54) is 17.7 Å². The maximum absolute atomic E-state index is 13.0. The number of ketones is 1. The Hall–Kier alpha value is -2.09. The van der Waals surface area contributed by atoms with E-state index in [1.54, 1.807) is 23.5 Å². The van der Waals surface area contributed by atoms with Crippen molar-refractivity contribution in [3.05, 3.63) is 57.5 Å². The van der Waals surface area contributed by atoms with Crippen molar-refractivity contribution in [3.63, 3.8) is 0 Å². The van der Waals surface area contributed by atoms with E-state index in [-0.39, 0.29) is 17.8 Å². The molecule has 2 aromatic rings. The first-order chi connectivity index (χ1) is 15.0. The van der Waals surface area contributed by atoms with Gasteiger partial charge in [-0.05, 0) is 98.9 Å². The van der Waals surface area contributed by atoms with Crippen molar-refractivity contribution in [2.45, 2.75) is 44.7 Å². The molecule has 7 heteroatoms. The number of hydrogen-bond acceptors (Lipinski definition) is 5. The van der Waals surface area contributed by atoms with E-state index in [9.17, 15) is 9.18 Å². The summed E-state index contributed by atoms with van der Waals surface area (Å²) in [6.07, 6.45) is 5.30. The molecule has 1 unspecified atom stereocenters. The third-order valence-corrected chi connectivity index (χ3v) is 7.58. The third-order valence-electron chi connectivity index (χ3n) is 6.61. The number of rotatable bonds is 7. The molecule has 1 aromatic carbocycles. The van der Waals surface area contributed by atoms with Crippen LogP contribution in [0.4, 0.5) is 4.39 Å². The van der Waals surface area contributed by atoms with Crippen LogP contribution in [0.2, 0.25) is 0 Å². The number of piperidine rings is 1. The average Bonchev–Trinajstić information content (AvgIpc) is 3.19. The first-order valence-corrected chi connectivity index (χ1v) is 12.1. The zero-order valence-corrected chi connectivity index (χ0v) is 18.7. The number of Topliss-reactive ketones (excluding diaryl/α,β-unsaturated/α-hetero) is 1. The molecule has 0 aliphatic carbocycles. The van der Waals surface area contributed by atoms with Crippen LogP contribution in [0.5, 0.6) is 0 Å². The molecule has 166 valence electrons. The zero-order chi connectivity index (χ0) is 21.8. The predicted octanol–water partition coefficient (Wildman–Crippen LogP) is 4.12. The van der Waals surface area contributed by atoms with Gasteiger partial charge in [0.1, 0.15) is 11.7 Å². The number of nitrogens with one attached hydrogen (secondary N) is 1. The molecule has 1 fully saturated rings. The maximum atomic E-state index is 13.0. The summed E-state index contributed by atoms with van der Waals surface area (Å²) in [6, 6.07) is 7.94. The topological polar surface area (TPSA) is 73.4 Å². The first-order valence-electron chi connectivity index (χ1n) is 11.2. The molecule has 2 aliphatic rings. The fraction of sp³-hybridized carbons (Fsp3) is 0.500. The maximum Gasteiger partial charge on any atom is 0.162 e. The molecule has 3 heterocycles. The summed E-state index contributed by atoms with van der Waals surface area (Å²) in [4.78, 5) is 17.9. The SMILES string of the molecule is N=C1c2sccc2CCCN1C(N)C1CCN(CCCC(=O)c2ccc(F)cc2)CC1. The summed E-state index contributed by atoms with van der Waals surface area (Å²) in [5.41, 5.74) is 8.54. The van der Waals surface area contributed by atoms with Crippen LogP contribution >= 0.6 is 11.3 Å². The number of likely N-dealkylation sites (tertiary alicyclic amines) is 1. The van der Waals surface area contributed by atoms with E-state index in [0.717, 1.165) is 63.2 Å². The van der Waals surface area contributed by atoms with Crippen molar-refractivity contribution in [1.29, 1.82) is 5.41 Å². The summed E-state index contributed by atoms with van der Waals surface area (Å²) in [5, 5.41) is 10.8. The van der Waals surface area contributed by atoms with Crippen molar-refractivity contribution in [2.24, 2.45) is 11.7 Å². The van der Waals surface area contributed by atoms with Crippen LogP contribution in [-0.2, 0) is 6.42 Å². The lowest BCUT2D eigenvalue weighted by molar-refractivity contribution is 0.0962. The Bertz CT molecular complexity index is 905. The van der Waals surface area contributed by atoms with Crippen molar-refractivity contribution in [2.75, 3.05) is 26.2 Å². The van der Waals surface area contributed by atoms with Crippen LogP contribution in [0, 0.1) is 17.1 Å². The number of nitrogens with zero attached hydrogens (tertiary/aromatic N) is 2. The molecule has 4 rings (SSSR count). The summed E-state index contributed by atoms with van der Waals surface area (Å²) >= 11 is 1.65. The van der Waals surface area contributed by atoms with Crippen LogP contribution in [-0.4, -0.2) is 53.8 Å². The Kier molecular flexibility index (Phi) is 7.15. The molecule has 5 nitrogen and oxygen atoms in total. The Morgan fingerprint density at radius 1 is 1.19 bits per heavy atom. The molecule has 2 aliphatic heterocycles. The summed E-state index contributed by atoms with van der Waals surface area (Å²) < 4.78 is 13.0. The number of carbonyl (C=O) groups is 1. The molecule has 31 heavy (non-hydrogen) atoms. The summed E-state index contributed by atoms with van der Waals surface area (Å²) in [7, 11) is 0. The molecular formula is C24H31FN4OS. The molecule has 0 radical (unpaired) electrons. The predicted molar refractivity (Wildman–Crippen MR) is 123 cm³/mol. The number of benzene rings is 1. The highest BCUT2D eigenvalue weighted by atomic mass is 32.1. The van der Waals surface area contributed by atoms with Crippen molar-refractivity contribution < 1.29 is 9.18 Å². The molecule has 0 bridgehead atoms. The molecule has 0 saturated carbocycles. The number of aryl methyl sites for hydroxylation is 1. The van der Waals surface area contributed by atoms with Gasteiger partial charge in [-0.1, -0.05) is 0 Å². The van der Waals surface area contributed by atoms with Gasteiger partial charge in [-0.15, -0.1) is 11.3 Å². The highest BCUT2D eigenvalue weighted by Crippen LogP contribution is 2.28. The highest BCUT2D eigenvalue weighted by Gasteiger charge is 2.31. The van der Waals surface area contributed by atoms with Gasteiger partial charge in [0.2, 0.25) is 0 Å². The van der Waals surface area contributed by atoms with E-state index in [1.807, 2.05) is 0 Å². The Morgan fingerprint density at radius 3 is 2.68 bits per heavy atom. The number of halogens is 1. The Labute approximate surface area is 187 Å². The largest absolute Gasteiger partial charge is 0.340 e.